The van der Waals surface area contributed by atoms with E-state index in [0.29, 0.717) is 0 Å². The monoisotopic (exact) mass is 319 g/mol. The number of hydrogen-bond acceptors (Lipinski definition) is 3. The molecule has 0 radical (unpaired) electrons. The Kier molecular flexibility index (Phi) is 3.53. The van der Waals surface area contributed by atoms with E-state index in [4.69, 9.17) is 5.11 Å². The molecule has 14 heavy (non-hydrogen) atoms. The molecule has 0 fully saturated rings. The van der Waals surface area contributed by atoms with Crippen LogP contribution in [0.2, 0.25) is 0 Å². The lowest BCUT2D eigenvalue weighted by atomic mass is 10.3. The van der Waals surface area contributed by atoms with Crippen LogP contribution in [0.25, 0.3) is 0 Å². The lowest BCUT2D eigenvalue weighted by Crippen LogP contribution is -2.18. The van der Waals surface area contributed by atoms with Gasteiger partial charge in [-0.1, -0.05) is 0 Å². The zero-order valence-electron chi connectivity index (χ0n) is 6.68. The molecule has 0 amide bonds. The number of nitrogens with zero attached hydrogens (tertiary/aromatic N) is 1. The third-order valence-corrected chi connectivity index (χ3v) is 2.08. The molecule has 0 saturated heterocycles. The molecule has 0 aliphatic rings. The number of aromatic nitrogens is 1. The largest absolute Gasteiger partial charge is 0.573 e. The number of halogens is 4. The van der Waals surface area contributed by atoms with Crippen molar-refractivity contribution < 1.29 is 23.0 Å². The molecule has 1 heterocycles. The van der Waals surface area contributed by atoms with Gasteiger partial charge < -0.3 is 9.84 Å². The first-order valence-corrected chi connectivity index (χ1v) is 4.51. The molecular formula is C7H5F3INO2. The van der Waals surface area contributed by atoms with Gasteiger partial charge in [0.1, 0.15) is 3.70 Å². The van der Waals surface area contributed by atoms with E-state index in [2.05, 4.69) is 9.72 Å². The van der Waals surface area contributed by atoms with Crippen LogP contribution in [0.3, 0.4) is 0 Å². The fourth-order valence-corrected chi connectivity index (χ4v) is 1.16. The van der Waals surface area contributed by atoms with E-state index >= 15 is 0 Å². The van der Waals surface area contributed by atoms with Crippen LogP contribution < -0.4 is 4.74 Å². The molecular weight excluding hydrogens is 314 g/mol. The van der Waals surface area contributed by atoms with E-state index in [1.165, 1.54) is 6.20 Å². The summed E-state index contributed by atoms with van der Waals surface area (Å²) in [5.74, 6) is -0.398. The summed E-state index contributed by atoms with van der Waals surface area (Å²) in [7, 11) is 0. The molecule has 0 saturated carbocycles. The zero-order chi connectivity index (χ0) is 10.8. The van der Waals surface area contributed by atoms with Crippen LogP contribution in [0.4, 0.5) is 13.2 Å². The van der Waals surface area contributed by atoms with Crippen LogP contribution in [0.1, 0.15) is 5.56 Å². The summed E-state index contributed by atoms with van der Waals surface area (Å²) in [5, 5.41) is 8.67. The maximum absolute atomic E-state index is 11.8. The van der Waals surface area contributed by atoms with Crippen molar-refractivity contribution in [3.63, 3.8) is 0 Å². The Morgan fingerprint density at radius 2 is 2.14 bits per heavy atom. The molecule has 3 nitrogen and oxygen atoms in total. The van der Waals surface area contributed by atoms with Crippen molar-refractivity contribution in [2.75, 3.05) is 0 Å². The molecule has 1 N–H and O–H groups in total. The molecule has 7 heteroatoms. The van der Waals surface area contributed by atoms with Crippen LogP contribution >= 0.6 is 22.6 Å². The number of aliphatic hydroxyl groups is 1. The summed E-state index contributed by atoms with van der Waals surface area (Å²) in [5.41, 5.74) is 0.268. The van der Waals surface area contributed by atoms with Gasteiger partial charge in [0.2, 0.25) is 0 Å². The maximum Gasteiger partial charge on any atom is 0.573 e. The van der Waals surface area contributed by atoms with Crippen LogP contribution in [-0.2, 0) is 6.61 Å². The fraction of sp³-hybridized carbons (Fsp3) is 0.286. The molecule has 1 aromatic heterocycles. The van der Waals surface area contributed by atoms with E-state index in [1.54, 1.807) is 22.6 Å². The van der Waals surface area contributed by atoms with Crippen LogP contribution in [0.15, 0.2) is 12.3 Å². The summed E-state index contributed by atoms with van der Waals surface area (Å²) in [4.78, 5) is 3.64. The minimum Gasteiger partial charge on any atom is -0.403 e. The van der Waals surface area contributed by atoms with Crippen molar-refractivity contribution in [2.45, 2.75) is 13.0 Å². The van der Waals surface area contributed by atoms with Gasteiger partial charge in [0.15, 0.2) is 5.75 Å². The Labute approximate surface area is 91.0 Å². The van der Waals surface area contributed by atoms with Gasteiger partial charge in [0, 0.05) is 6.20 Å². The van der Waals surface area contributed by atoms with Gasteiger partial charge in [-0.3, -0.25) is 0 Å². The fourth-order valence-electron chi connectivity index (χ4n) is 0.751. The summed E-state index contributed by atoms with van der Waals surface area (Å²) in [6, 6.07) is 1.10. The molecule has 0 aliphatic heterocycles. The molecule has 78 valence electrons. The topological polar surface area (TPSA) is 42.4 Å². The first kappa shape index (κ1) is 11.5. The van der Waals surface area contributed by atoms with Gasteiger partial charge in [-0.25, -0.2) is 4.98 Å². The number of aliphatic hydroxyl groups excluding tert-OH is 1. The van der Waals surface area contributed by atoms with Crippen LogP contribution in [0, 0.1) is 3.70 Å². The Bertz CT molecular complexity index is 329. The Morgan fingerprint density at radius 1 is 1.50 bits per heavy atom. The predicted octanol–water partition coefficient (Wildman–Crippen LogP) is 2.08. The van der Waals surface area contributed by atoms with Crippen molar-refractivity contribution in [3.05, 3.63) is 21.5 Å². The van der Waals surface area contributed by atoms with Gasteiger partial charge in [0.05, 0.1) is 6.61 Å². The van der Waals surface area contributed by atoms with Crippen molar-refractivity contribution in [1.82, 2.24) is 4.98 Å². The quantitative estimate of drug-likeness (QED) is 0.670. The number of rotatable bonds is 2. The normalized spacial score (nSPS) is 11.5. The van der Waals surface area contributed by atoms with Gasteiger partial charge in [-0.05, 0) is 34.2 Å². The second-order valence-corrected chi connectivity index (χ2v) is 3.36. The molecule has 0 unspecified atom stereocenters. The van der Waals surface area contributed by atoms with Gasteiger partial charge in [-0.15, -0.1) is 13.2 Å². The highest BCUT2D eigenvalue weighted by molar-refractivity contribution is 14.1. The predicted molar refractivity (Wildman–Crippen MR) is 49.6 cm³/mol. The highest BCUT2D eigenvalue weighted by Gasteiger charge is 2.32. The summed E-state index contributed by atoms with van der Waals surface area (Å²) >= 11 is 1.62. The Hall–Kier alpha value is -0.570. The van der Waals surface area contributed by atoms with Gasteiger partial charge >= 0.3 is 6.36 Å². The minimum atomic E-state index is -4.74. The SMILES string of the molecule is OCc1cnc(I)c(OC(F)(F)F)c1. The summed E-state index contributed by atoms with van der Waals surface area (Å²) in [6.45, 7) is -0.377. The highest BCUT2D eigenvalue weighted by atomic mass is 127. The van der Waals surface area contributed by atoms with Crippen molar-refractivity contribution >= 4 is 22.6 Å². The van der Waals surface area contributed by atoms with Crippen LogP contribution in [0.5, 0.6) is 5.75 Å². The molecule has 0 aliphatic carbocycles. The third-order valence-electron chi connectivity index (χ3n) is 1.27. The summed E-state index contributed by atoms with van der Waals surface area (Å²) in [6.07, 6.45) is -3.46. The lowest BCUT2D eigenvalue weighted by molar-refractivity contribution is -0.275. The Balaban J connectivity index is 2.95. The number of pyridine rings is 1. The molecule has 1 aromatic rings. The summed E-state index contributed by atoms with van der Waals surface area (Å²) < 4.78 is 39.3. The van der Waals surface area contributed by atoms with Crippen molar-refractivity contribution in [2.24, 2.45) is 0 Å². The lowest BCUT2D eigenvalue weighted by Gasteiger charge is -2.10. The standard InChI is InChI=1S/C7H5F3INO2/c8-7(9,10)14-5-1-4(3-13)2-12-6(5)11/h1-2,13H,3H2. The highest BCUT2D eigenvalue weighted by Crippen LogP contribution is 2.26. The third kappa shape index (κ3) is 3.29. The maximum atomic E-state index is 11.8. The second-order valence-electron chi connectivity index (χ2n) is 2.34. The molecule has 0 atom stereocenters. The first-order valence-electron chi connectivity index (χ1n) is 3.43. The van der Waals surface area contributed by atoms with Crippen molar-refractivity contribution in [3.8, 4) is 5.75 Å². The van der Waals surface area contributed by atoms with E-state index < -0.39 is 12.1 Å². The average Bonchev–Trinajstić information content (AvgIpc) is 2.06. The zero-order valence-corrected chi connectivity index (χ0v) is 8.83. The number of alkyl halides is 3. The molecule has 0 spiro atoms. The van der Waals surface area contributed by atoms with Gasteiger partial charge in [0.25, 0.3) is 0 Å². The smallest absolute Gasteiger partial charge is 0.403 e. The van der Waals surface area contributed by atoms with E-state index in [0.717, 1.165) is 6.07 Å². The Morgan fingerprint density at radius 3 is 2.64 bits per heavy atom. The number of hydrogen-bond donors (Lipinski definition) is 1. The molecule has 1 rings (SSSR count). The van der Waals surface area contributed by atoms with Crippen LogP contribution in [-0.4, -0.2) is 16.5 Å². The molecule has 0 aromatic carbocycles. The number of ether oxygens (including phenoxy) is 1. The second kappa shape index (κ2) is 4.30. The van der Waals surface area contributed by atoms with E-state index in [-0.39, 0.29) is 15.9 Å². The average molecular weight is 319 g/mol. The minimum absolute atomic E-state index is 0.0946. The molecule has 0 bridgehead atoms. The van der Waals surface area contributed by atoms with E-state index in [9.17, 15) is 13.2 Å². The van der Waals surface area contributed by atoms with Gasteiger partial charge in [-0.2, -0.15) is 0 Å². The van der Waals surface area contributed by atoms with Crippen molar-refractivity contribution in [1.29, 1.82) is 0 Å². The van der Waals surface area contributed by atoms with E-state index in [1.807, 2.05) is 0 Å². The first-order chi connectivity index (χ1) is 6.42.